The van der Waals surface area contributed by atoms with E-state index in [1.54, 1.807) is 32.2 Å². The first-order valence-corrected chi connectivity index (χ1v) is 12.0. The highest BCUT2D eigenvalue weighted by atomic mass is 16.5. The topological polar surface area (TPSA) is 99.1 Å². The van der Waals surface area contributed by atoms with Crippen LogP contribution in [0.2, 0.25) is 0 Å². The molecule has 0 radical (unpaired) electrons. The lowest BCUT2D eigenvalue weighted by atomic mass is 9.83. The summed E-state index contributed by atoms with van der Waals surface area (Å²) in [5.74, 6) is -0.927. The molecule has 7 nitrogen and oxygen atoms in total. The first-order valence-electron chi connectivity index (χ1n) is 12.0. The van der Waals surface area contributed by atoms with Gasteiger partial charge in [-0.1, -0.05) is 30.4 Å². The Balaban J connectivity index is 1.83. The van der Waals surface area contributed by atoms with Crippen LogP contribution in [0, 0.1) is 0 Å². The van der Waals surface area contributed by atoms with Gasteiger partial charge < -0.3 is 19.3 Å². The van der Waals surface area contributed by atoms with Crippen LogP contribution in [-0.2, 0) is 14.3 Å². The lowest BCUT2D eigenvalue weighted by molar-refractivity contribution is -0.135. The van der Waals surface area contributed by atoms with E-state index in [-0.39, 0.29) is 29.3 Å². The monoisotopic (exact) mass is 478 g/mol. The number of carbonyl (C=O) groups is 3. The lowest BCUT2D eigenvalue weighted by Crippen LogP contribution is -2.23. The molecule has 0 fully saturated rings. The van der Waals surface area contributed by atoms with Gasteiger partial charge in [0.2, 0.25) is 0 Å². The SMILES string of the molecule is COc1ccccc1C1CC(=O)Oc2cc3c(c(O)c21)C(=O)O[C@@H](C)CCCC(=O)CCCC=C3. The summed E-state index contributed by atoms with van der Waals surface area (Å²) < 4.78 is 16.7. The number of rotatable bonds is 2. The number of para-hydroxylation sites is 1. The summed E-state index contributed by atoms with van der Waals surface area (Å²) in [7, 11) is 1.54. The van der Waals surface area contributed by atoms with Crippen LogP contribution in [0.1, 0.15) is 84.8 Å². The molecule has 2 heterocycles. The van der Waals surface area contributed by atoms with E-state index in [0.717, 1.165) is 0 Å². The van der Waals surface area contributed by atoms with Crippen LogP contribution >= 0.6 is 0 Å². The third kappa shape index (κ3) is 5.39. The molecule has 0 spiro atoms. The van der Waals surface area contributed by atoms with E-state index in [1.807, 2.05) is 24.3 Å². The average Bonchev–Trinajstić information content (AvgIpc) is 2.82. The smallest absolute Gasteiger partial charge is 0.342 e. The summed E-state index contributed by atoms with van der Waals surface area (Å²) in [6.07, 6.45) is 6.62. The molecule has 4 rings (SSSR count). The van der Waals surface area contributed by atoms with E-state index in [0.29, 0.717) is 61.0 Å². The zero-order valence-corrected chi connectivity index (χ0v) is 20.0. The second-order valence-corrected chi connectivity index (χ2v) is 9.02. The van der Waals surface area contributed by atoms with Gasteiger partial charge in [0.1, 0.15) is 28.6 Å². The molecule has 1 N–H and O–H groups in total. The number of allylic oxidation sites excluding steroid dienone is 1. The summed E-state index contributed by atoms with van der Waals surface area (Å²) in [6.45, 7) is 1.78. The van der Waals surface area contributed by atoms with Gasteiger partial charge in [0.25, 0.3) is 0 Å². The molecular formula is C28H30O7. The Bertz CT molecular complexity index is 1160. The number of cyclic esters (lactones) is 1. The largest absolute Gasteiger partial charge is 0.507 e. The minimum atomic E-state index is -0.656. The molecule has 2 aliphatic rings. The molecule has 0 saturated heterocycles. The van der Waals surface area contributed by atoms with Crippen LogP contribution in [0.5, 0.6) is 17.2 Å². The van der Waals surface area contributed by atoms with Crippen molar-refractivity contribution in [1.82, 2.24) is 0 Å². The fraction of sp³-hybridized carbons (Fsp3) is 0.393. The molecule has 184 valence electrons. The lowest BCUT2D eigenvalue weighted by Gasteiger charge is -2.28. The maximum atomic E-state index is 13.3. The number of carbonyl (C=O) groups excluding carboxylic acids is 3. The second-order valence-electron chi connectivity index (χ2n) is 9.02. The van der Waals surface area contributed by atoms with Gasteiger partial charge in [0, 0.05) is 29.9 Å². The number of phenols is 1. The van der Waals surface area contributed by atoms with E-state index in [2.05, 4.69) is 0 Å². The molecule has 0 bridgehead atoms. The van der Waals surface area contributed by atoms with E-state index < -0.39 is 24.0 Å². The Morgan fingerprint density at radius 2 is 1.86 bits per heavy atom. The predicted octanol–water partition coefficient (Wildman–Crippen LogP) is 5.32. The van der Waals surface area contributed by atoms with Crippen LogP contribution in [0.3, 0.4) is 0 Å². The first kappa shape index (κ1) is 24.5. The normalized spacial score (nSPS) is 21.3. The minimum Gasteiger partial charge on any atom is -0.507 e. The van der Waals surface area contributed by atoms with E-state index in [4.69, 9.17) is 14.2 Å². The van der Waals surface area contributed by atoms with Crippen LogP contribution in [0.4, 0.5) is 0 Å². The van der Waals surface area contributed by atoms with Crippen molar-refractivity contribution in [2.45, 2.75) is 63.9 Å². The Hall–Kier alpha value is -3.61. The van der Waals surface area contributed by atoms with E-state index in [1.165, 1.54) is 0 Å². The zero-order chi connectivity index (χ0) is 24.9. The number of hydrogen-bond donors (Lipinski definition) is 1. The Morgan fingerprint density at radius 1 is 1.09 bits per heavy atom. The molecule has 2 aromatic rings. The van der Waals surface area contributed by atoms with Gasteiger partial charge in [0.05, 0.1) is 19.6 Å². The van der Waals surface area contributed by atoms with Crippen molar-refractivity contribution in [3.05, 3.63) is 58.7 Å². The van der Waals surface area contributed by atoms with Gasteiger partial charge in [-0.3, -0.25) is 9.59 Å². The highest BCUT2D eigenvalue weighted by Crippen LogP contribution is 2.48. The van der Waals surface area contributed by atoms with E-state index >= 15 is 0 Å². The maximum absolute atomic E-state index is 13.3. The quantitative estimate of drug-likeness (QED) is 0.460. The van der Waals surface area contributed by atoms with Crippen LogP contribution < -0.4 is 9.47 Å². The molecule has 0 aliphatic carbocycles. The third-order valence-corrected chi connectivity index (χ3v) is 6.49. The number of phenolic OH excluding ortho intramolecular Hbond substituents is 1. The highest BCUT2D eigenvalue weighted by Gasteiger charge is 2.36. The number of esters is 2. The maximum Gasteiger partial charge on any atom is 0.342 e. The van der Waals surface area contributed by atoms with Gasteiger partial charge >= 0.3 is 11.9 Å². The number of ether oxygens (including phenoxy) is 3. The number of benzene rings is 2. The van der Waals surface area contributed by atoms with Crippen LogP contribution in [0.15, 0.2) is 36.4 Å². The zero-order valence-electron chi connectivity index (χ0n) is 20.0. The molecule has 0 saturated carbocycles. The van der Waals surface area contributed by atoms with Crippen molar-refractivity contribution < 1.29 is 33.7 Å². The number of aromatic hydroxyl groups is 1. The summed E-state index contributed by atoms with van der Waals surface area (Å²) in [5.41, 5.74) is 1.51. The molecule has 0 aromatic heterocycles. The minimum absolute atomic E-state index is 0.00492. The van der Waals surface area contributed by atoms with Crippen molar-refractivity contribution in [1.29, 1.82) is 0 Å². The summed E-state index contributed by atoms with van der Waals surface area (Å²) >= 11 is 0. The van der Waals surface area contributed by atoms with Crippen molar-refractivity contribution in [2.24, 2.45) is 0 Å². The fourth-order valence-electron chi connectivity index (χ4n) is 4.74. The third-order valence-electron chi connectivity index (χ3n) is 6.49. The molecule has 7 heteroatoms. The van der Waals surface area contributed by atoms with Gasteiger partial charge in [-0.05, 0) is 50.3 Å². The number of ketones is 1. The van der Waals surface area contributed by atoms with Crippen LogP contribution in [-0.4, -0.2) is 36.0 Å². The molecule has 1 unspecified atom stereocenters. The van der Waals surface area contributed by atoms with E-state index in [9.17, 15) is 19.5 Å². The number of Topliss-reactive ketones (excluding diaryl/α,β-unsaturated/α-hetero) is 1. The van der Waals surface area contributed by atoms with Gasteiger partial charge in [-0.15, -0.1) is 0 Å². The van der Waals surface area contributed by atoms with Crippen molar-refractivity contribution in [3.63, 3.8) is 0 Å². The van der Waals surface area contributed by atoms with Crippen LogP contribution in [0.25, 0.3) is 6.08 Å². The van der Waals surface area contributed by atoms with Gasteiger partial charge in [-0.25, -0.2) is 4.79 Å². The predicted molar refractivity (Wildman–Crippen MR) is 130 cm³/mol. The van der Waals surface area contributed by atoms with Gasteiger partial charge in [-0.2, -0.15) is 0 Å². The Kier molecular flexibility index (Phi) is 7.54. The Labute approximate surface area is 204 Å². The molecule has 35 heavy (non-hydrogen) atoms. The molecule has 2 atom stereocenters. The second kappa shape index (κ2) is 10.8. The standard InChI is InChI=1S/C28H30O7/c1-17-9-8-12-19(29)11-5-3-4-10-18-15-23-26(27(31)25(18)28(32)34-17)21(16-24(30)35-23)20-13-6-7-14-22(20)33-2/h4,6-7,10,13-15,17,21,31H,3,5,8-9,11-12,16H2,1-2H3/t17-,21?/m0/s1. The van der Waals surface area contributed by atoms with Crippen molar-refractivity contribution in [3.8, 4) is 17.2 Å². The van der Waals surface area contributed by atoms with Crippen molar-refractivity contribution >= 4 is 23.8 Å². The number of methoxy groups -OCH3 is 1. The number of hydrogen-bond acceptors (Lipinski definition) is 7. The molecule has 2 aliphatic heterocycles. The van der Waals surface area contributed by atoms with Crippen molar-refractivity contribution in [2.75, 3.05) is 7.11 Å². The fourth-order valence-corrected chi connectivity index (χ4v) is 4.74. The summed E-state index contributed by atoms with van der Waals surface area (Å²) in [5, 5.41) is 11.4. The Morgan fingerprint density at radius 3 is 2.66 bits per heavy atom. The summed E-state index contributed by atoms with van der Waals surface area (Å²) in [4.78, 5) is 37.8. The molecular weight excluding hydrogens is 448 g/mol. The molecule has 0 amide bonds. The number of fused-ring (bicyclic) bond motifs is 2. The molecule has 2 aromatic carbocycles. The average molecular weight is 479 g/mol. The van der Waals surface area contributed by atoms with Gasteiger partial charge in [0.15, 0.2) is 0 Å². The summed E-state index contributed by atoms with van der Waals surface area (Å²) in [6, 6.07) is 8.87. The first-order chi connectivity index (χ1) is 16.9. The highest BCUT2D eigenvalue weighted by molar-refractivity contribution is 5.98.